The van der Waals surface area contributed by atoms with Crippen molar-refractivity contribution in [2.24, 2.45) is 5.92 Å². The van der Waals surface area contributed by atoms with E-state index in [1.807, 2.05) is 0 Å². The predicted octanol–water partition coefficient (Wildman–Crippen LogP) is 2.21. The van der Waals surface area contributed by atoms with Crippen LogP contribution < -0.4 is 10.6 Å². The van der Waals surface area contributed by atoms with Crippen LogP contribution in [-0.4, -0.2) is 18.0 Å². The van der Waals surface area contributed by atoms with Crippen LogP contribution in [0.15, 0.2) is 18.2 Å². The van der Waals surface area contributed by atoms with Crippen LogP contribution in [0.2, 0.25) is 0 Å². The number of fused-ring (bicyclic) bond motifs is 2. The molecule has 2 bridgehead atoms. The van der Waals surface area contributed by atoms with Gasteiger partial charge >= 0.3 is 0 Å². The molecule has 2 aliphatic heterocycles. The number of hydrogen-bond donors (Lipinski definition) is 2. The Balaban J connectivity index is 1.73. The van der Waals surface area contributed by atoms with E-state index in [9.17, 15) is 9.18 Å². The molecule has 1 aromatic carbocycles. The maximum absolute atomic E-state index is 13.8. The molecule has 0 saturated carbocycles. The van der Waals surface area contributed by atoms with Gasteiger partial charge in [-0.05, 0) is 37.8 Å². The summed E-state index contributed by atoms with van der Waals surface area (Å²) in [5, 5.41) is 6.14. The third-order valence-electron chi connectivity index (χ3n) is 4.09. The molecule has 96 valence electrons. The van der Waals surface area contributed by atoms with Gasteiger partial charge in [-0.3, -0.25) is 4.79 Å². The molecule has 0 aliphatic carbocycles. The number of hydrogen-bond acceptors (Lipinski definition) is 2. The van der Waals surface area contributed by atoms with Crippen LogP contribution in [0.25, 0.3) is 0 Å². The largest absolute Gasteiger partial charge is 0.323 e. The number of nitrogens with one attached hydrogen (secondary N) is 2. The number of amides is 1. The van der Waals surface area contributed by atoms with Gasteiger partial charge in [0.15, 0.2) is 0 Å². The first kappa shape index (κ1) is 11.7. The highest BCUT2D eigenvalue weighted by Crippen LogP contribution is 2.34. The predicted molar refractivity (Wildman–Crippen MR) is 67.8 cm³/mol. The van der Waals surface area contributed by atoms with Gasteiger partial charge in [0.2, 0.25) is 5.91 Å². The second-order valence-corrected chi connectivity index (χ2v) is 5.32. The quantitative estimate of drug-likeness (QED) is 0.842. The average Bonchev–Trinajstić information content (AvgIpc) is 2.97. The summed E-state index contributed by atoms with van der Waals surface area (Å²) in [6.45, 7) is 1.70. The van der Waals surface area contributed by atoms with E-state index in [4.69, 9.17) is 0 Å². The first-order chi connectivity index (χ1) is 8.65. The second-order valence-electron chi connectivity index (χ2n) is 5.32. The van der Waals surface area contributed by atoms with E-state index in [1.165, 1.54) is 0 Å². The maximum atomic E-state index is 13.8. The van der Waals surface area contributed by atoms with Gasteiger partial charge in [0.1, 0.15) is 5.82 Å². The summed E-state index contributed by atoms with van der Waals surface area (Å²) in [6, 6.07) is 5.83. The van der Waals surface area contributed by atoms with Crippen molar-refractivity contribution >= 4 is 11.6 Å². The zero-order valence-corrected chi connectivity index (χ0v) is 10.4. The molecule has 3 rings (SSSR count). The van der Waals surface area contributed by atoms with Crippen LogP contribution in [0, 0.1) is 18.7 Å². The number of aryl methyl sites for hydroxylation is 1. The van der Waals surface area contributed by atoms with Gasteiger partial charge in [-0.1, -0.05) is 12.1 Å². The van der Waals surface area contributed by atoms with Gasteiger partial charge in [-0.25, -0.2) is 4.39 Å². The van der Waals surface area contributed by atoms with E-state index in [0.29, 0.717) is 17.3 Å². The van der Waals surface area contributed by atoms with E-state index in [1.54, 1.807) is 25.1 Å². The third kappa shape index (κ3) is 1.90. The normalized spacial score (nSPS) is 29.6. The number of carbonyl (C=O) groups excluding carboxylic acids is 1. The second kappa shape index (κ2) is 4.35. The highest BCUT2D eigenvalue weighted by Gasteiger charge is 2.42. The molecule has 1 amide bonds. The minimum absolute atomic E-state index is 0.0105. The van der Waals surface area contributed by atoms with Crippen LogP contribution in [0.4, 0.5) is 10.1 Å². The molecule has 2 saturated heterocycles. The molecular formula is C14H17FN2O. The summed E-state index contributed by atoms with van der Waals surface area (Å²) < 4.78 is 13.8. The summed E-state index contributed by atoms with van der Waals surface area (Å²) in [4.78, 5) is 12.2. The number of carbonyl (C=O) groups is 1. The molecule has 3 unspecified atom stereocenters. The Morgan fingerprint density at radius 3 is 2.94 bits per heavy atom. The monoisotopic (exact) mass is 248 g/mol. The molecule has 2 N–H and O–H groups in total. The van der Waals surface area contributed by atoms with Crippen molar-refractivity contribution in [1.29, 1.82) is 0 Å². The molecular weight excluding hydrogens is 231 g/mol. The van der Waals surface area contributed by atoms with E-state index < -0.39 is 0 Å². The van der Waals surface area contributed by atoms with Crippen LogP contribution in [0.1, 0.15) is 24.8 Å². The fourth-order valence-corrected chi connectivity index (χ4v) is 3.08. The molecule has 0 aromatic heterocycles. The van der Waals surface area contributed by atoms with Crippen LogP contribution in [0.5, 0.6) is 0 Å². The molecule has 0 spiro atoms. The Hall–Kier alpha value is -1.42. The SMILES string of the molecule is Cc1cccc(NC(=O)C2CC3CCC2N3)c1F. The Bertz CT molecular complexity index is 489. The van der Waals surface area contributed by atoms with Crippen molar-refractivity contribution in [1.82, 2.24) is 5.32 Å². The summed E-state index contributed by atoms with van der Waals surface area (Å²) in [5.41, 5.74) is 0.849. The smallest absolute Gasteiger partial charge is 0.229 e. The topological polar surface area (TPSA) is 41.1 Å². The lowest BCUT2D eigenvalue weighted by atomic mass is 9.88. The molecule has 3 nitrogen and oxygen atoms in total. The molecule has 2 heterocycles. The molecule has 2 fully saturated rings. The number of halogens is 1. The van der Waals surface area contributed by atoms with Gasteiger partial charge < -0.3 is 10.6 Å². The van der Waals surface area contributed by atoms with E-state index in [0.717, 1.165) is 19.3 Å². The molecule has 1 aromatic rings. The van der Waals surface area contributed by atoms with Crippen LogP contribution in [0.3, 0.4) is 0 Å². The summed E-state index contributed by atoms with van der Waals surface area (Å²) in [5.74, 6) is -0.398. The third-order valence-corrected chi connectivity index (χ3v) is 4.09. The van der Waals surface area contributed by atoms with Crippen LogP contribution in [-0.2, 0) is 4.79 Å². The minimum Gasteiger partial charge on any atom is -0.323 e. The lowest BCUT2D eigenvalue weighted by Crippen LogP contribution is -2.33. The fourth-order valence-electron chi connectivity index (χ4n) is 3.08. The van der Waals surface area contributed by atoms with Gasteiger partial charge in [0, 0.05) is 12.1 Å². The maximum Gasteiger partial charge on any atom is 0.229 e. The zero-order chi connectivity index (χ0) is 12.7. The van der Waals surface area contributed by atoms with Crippen LogP contribution >= 0.6 is 0 Å². The lowest BCUT2D eigenvalue weighted by Gasteiger charge is -2.19. The Morgan fingerprint density at radius 2 is 2.28 bits per heavy atom. The Labute approximate surface area is 106 Å². The summed E-state index contributed by atoms with van der Waals surface area (Å²) >= 11 is 0. The highest BCUT2D eigenvalue weighted by molar-refractivity contribution is 5.93. The first-order valence-electron chi connectivity index (χ1n) is 6.47. The molecule has 2 aliphatic rings. The Morgan fingerprint density at radius 1 is 1.44 bits per heavy atom. The summed E-state index contributed by atoms with van der Waals surface area (Å²) in [7, 11) is 0. The molecule has 18 heavy (non-hydrogen) atoms. The molecule has 3 atom stereocenters. The van der Waals surface area contributed by atoms with Crippen molar-refractivity contribution in [3.8, 4) is 0 Å². The highest BCUT2D eigenvalue weighted by atomic mass is 19.1. The zero-order valence-electron chi connectivity index (χ0n) is 10.4. The van der Waals surface area contributed by atoms with Crippen molar-refractivity contribution in [3.63, 3.8) is 0 Å². The van der Waals surface area contributed by atoms with Gasteiger partial charge in [-0.15, -0.1) is 0 Å². The lowest BCUT2D eigenvalue weighted by molar-refractivity contribution is -0.120. The average molecular weight is 248 g/mol. The standard InChI is InChI=1S/C14H17FN2O/c1-8-3-2-4-12(13(8)15)17-14(18)10-7-9-5-6-11(10)16-9/h2-4,9-11,16H,5-7H2,1H3,(H,17,18). The molecule has 4 heteroatoms. The first-order valence-corrected chi connectivity index (χ1v) is 6.47. The van der Waals surface area contributed by atoms with E-state index >= 15 is 0 Å². The fraction of sp³-hybridized carbons (Fsp3) is 0.500. The summed E-state index contributed by atoms with van der Waals surface area (Å²) in [6.07, 6.45) is 3.09. The number of benzene rings is 1. The van der Waals surface area contributed by atoms with Gasteiger partial charge in [0.25, 0.3) is 0 Å². The van der Waals surface area contributed by atoms with Crippen molar-refractivity contribution in [2.45, 2.75) is 38.3 Å². The molecule has 0 radical (unpaired) electrons. The van der Waals surface area contributed by atoms with Crippen molar-refractivity contribution in [3.05, 3.63) is 29.6 Å². The van der Waals surface area contributed by atoms with Gasteiger partial charge in [0.05, 0.1) is 11.6 Å². The Kier molecular flexibility index (Phi) is 2.82. The van der Waals surface area contributed by atoms with Gasteiger partial charge in [-0.2, -0.15) is 0 Å². The minimum atomic E-state index is -0.332. The van der Waals surface area contributed by atoms with Crippen molar-refractivity contribution in [2.75, 3.05) is 5.32 Å². The number of rotatable bonds is 2. The van der Waals surface area contributed by atoms with E-state index in [-0.39, 0.29) is 23.7 Å². The van der Waals surface area contributed by atoms with E-state index in [2.05, 4.69) is 10.6 Å². The number of anilines is 1. The van der Waals surface area contributed by atoms with Crippen molar-refractivity contribution < 1.29 is 9.18 Å².